The SMILES string of the molecule is [CH2]CCCCCCCCCC(C)(C)[C](C)C. The lowest BCUT2D eigenvalue weighted by Crippen LogP contribution is -2.16. The summed E-state index contributed by atoms with van der Waals surface area (Å²) in [6.07, 6.45) is 12.2. The molecule has 0 saturated carbocycles. The molecule has 16 heavy (non-hydrogen) atoms. The second-order valence-electron chi connectivity index (χ2n) is 5.96. The standard InChI is InChI=1S/C16H32/c1-6-7-8-9-10-11-12-13-14-16(4,5)15(2)3/h1,6-14H2,2-5H3. The van der Waals surface area contributed by atoms with Gasteiger partial charge in [0.15, 0.2) is 0 Å². The zero-order chi connectivity index (χ0) is 12.4. The minimum Gasteiger partial charge on any atom is -0.0594 e. The van der Waals surface area contributed by atoms with Crippen LogP contribution < -0.4 is 0 Å². The number of rotatable bonds is 10. The fourth-order valence-electron chi connectivity index (χ4n) is 1.88. The van der Waals surface area contributed by atoms with Crippen LogP contribution in [0.1, 0.15) is 85.5 Å². The van der Waals surface area contributed by atoms with E-state index in [2.05, 4.69) is 34.6 Å². The Hall–Kier alpha value is 0. The highest BCUT2D eigenvalue weighted by Crippen LogP contribution is 2.33. The maximum absolute atomic E-state index is 3.87. The second-order valence-corrected chi connectivity index (χ2v) is 5.96. The molecule has 0 rings (SSSR count). The van der Waals surface area contributed by atoms with E-state index in [1.54, 1.807) is 5.92 Å². The van der Waals surface area contributed by atoms with E-state index in [9.17, 15) is 0 Å². The summed E-state index contributed by atoms with van der Waals surface area (Å²) in [5.41, 5.74) is 0.452. The molecule has 96 valence electrons. The third kappa shape index (κ3) is 8.19. The van der Waals surface area contributed by atoms with Gasteiger partial charge >= 0.3 is 0 Å². The molecule has 0 heteroatoms. The molecule has 0 fully saturated rings. The van der Waals surface area contributed by atoms with Gasteiger partial charge in [0.05, 0.1) is 0 Å². The molecule has 0 spiro atoms. The lowest BCUT2D eigenvalue weighted by molar-refractivity contribution is 0.339. The van der Waals surface area contributed by atoms with Crippen LogP contribution in [0.15, 0.2) is 0 Å². The predicted molar refractivity (Wildman–Crippen MR) is 75.3 cm³/mol. The van der Waals surface area contributed by atoms with E-state index < -0.39 is 0 Å². The van der Waals surface area contributed by atoms with Crippen LogP contribution in [0.5, 0.6) is 0 Å². The molecule has 0 aromatic rings. The third-order valence-corrected chi connectivity index (χ3v) is 3.91. The molecule has 0 aromatic heterocycles. The molecule has 2 radical (unpaired) electrons. The minimum atomic E-state index is 0.452. The summed E-state index contributed by atoms with van der Waals surface area (Å²) in [5, 5.41) is 0. The van der Waals surface area contributed by atoms with E-state index in [1.807, 2.05) is 0 Å². The van der Waals surface area contributed by atoms with Gasteiger partial charge in [0.2, 0.25) is 0 Å². The summed E-state index contributed by atoms with van der Waals surface area (Å²) in [4.78, 5) is 0. The van der Waals surface area contributed by atoms with Gasteiger partial charge in [-0.2, -0.15) is 0 Å². The minimum absolute atomic E-state index is 0.452. The summed E-state index contributed by atoms with van der Waals surface area (Å²) < 4.78 is 0. The van der Waals surface area contributed by atoms with Crippen LogP contribution >= 0.6 is 0 Å². The van der Waals surface area contributed by atoms with Crippen molar-refractivity contribution in [3.8, 4) is 0 Å². The lowest BCUT2D eigenvalue weighted by Gasteiger charge is -2.28. The molecule has 0 amide bonds. The van der Waals surface area contributed by atoms with Gasteiger partial charge in [-0.3, -0.25) is 0 Å². The first kappa shape index (κ1) is 16.0. The van der Waals surface area contributed by atoms with Crippen LogP contribution in [-0.2, 0) is 0 Å². The molecular weight excluding hydrogens is 192 g/mol. The third-order valence-electron chi connectivity index (χ3n) is 3.91. The van der Waals surface area contributed by atoms with Crippen LogP contribution in [0.25, 0.3) is 0 Å². The molecule has 0 saturated heterocycles. The molecular formula is C16H32. The Morgan fingerprint density at radius 1 is 0.812 bits per heavy atom. The smallest absolute Gasteiger partial charge is 0.0247 e. The van der Waals surface area contributed by atoms with Crippen molar-refractivity contribution in [2.45, 2.75) is 85.5 Å². The van der Waals surface area contributed by atoms with E-state index in [-0.39, 0.29) is 0 Å². The Labute approximate surface area is 104 Å². The summed E-state index contributed by atoms with van der Waals surface area (Å²) in [6, 6.07) is 0. The Balaban J connectivity index is 3.27. The topological polar surface area (TPSA) is 0 Å². The average Bonchev–Trinajstić information content (AvgIpc) is 2.21. The highest BCUT2D eigenvalue weighted by molar-refractivity contribution is 4.94. The number of hydrogen-bond donors (Lipinski definition) is 0. The van der Waals surface area contributed by atoms with Crippen LogP contribution in [0.3, 0.4) is 0 Å². The molecule has 0 unspecified atom stereocenters. The Morgan fingerprint density at radius 2 is 1.25 bits per heavy atom. The Bertz CT molecular complexity index is 144. The van der Waals surface area contributed by atoms with E-state index >= 15 is 0 Å². The first-order valence-electron chi connectivity index (χ1n) is 7.10. The van der Waals surface area contributed by atoms with Crippen molar-refractivity contribution in [2.24, 2.45) is 5.41 Å². The predicted octanol–water partition coefficient (Wildman–Crippen LogP) is 5.97. The first-order chi connectivity index (χ1) is 7.50. The summed E-state index contributed by atoms with van der Waals surface area (Å²) >= 11 is 0. The van der Waals surface area contributed by atoms with Crippen LogP contribution in [0, 0.1) is 18.3 Å². The molecule has 0 nitrogen and oxygen atoms in total. The van der Waals surface area contributed by atoms with Gasteiger partial charge in [-0.1, -0.05) is 86.0 Å². The van der Waals surface area contributed by atoms with E-state index in [0.29, 0.717) is 5.41 Å². The van der Waals surface area contributed by atoms with E-state index in [0.717, 1.165) is 6.42 Å². The number of hydrogen-bond acceptors (Lipinski definition) is 0. The fraction of sp³-hybridized carbons (Fsp3) is 0.875. The van der Waals surface area contributed by atoms with Gasteiger partial charge in [0, 0.05) is 0 Å². The van der Waals surface area contributed by atoms with Crippen LogP contribution in [0.2, 0.25) is 0 Å². The summed E-state index contributed by atoms with van der Waals surface area (Å²) in [6.45, 7) is 13.1. The van der Waals surface area contributed by atoms with Crippen molar-refractivity contribution in [1.29, 1.82) is 0 Å². The highest BCUT2D eigenvalue weighted by Gasteiger charge is 2.21. The monoisotopic (exact) mass is 224 g/mol. The van der Waals surface area contributed by atoms with Gasteiger partial charge < -0.3 is 0 Å². The van der Waals surface area contributed by atoms with Crippen molar-refractivity contribution >= 4 is 0 Å². The summed E-state index contributed by atoms with van der Waals surface area (Å²) in [7, 11) is 0. The first-order valence-corrected chi connectivity index (χ1v) is 7.10. The van der Waals surface area contributed by atoms with Crippen molar-refractivity contribution in [2.75, 3.05) is 0 Å². The number of unbranched alkanes of at least 4 members (excludes halogenated alkanes) is 7. The molecule has 0 aliphatic heterocycles. The fourth-order valence-corrected chi connectivity index (χ4v) is 1.88. The van der Waals surface area contributed by atoms with Gasteiger partial charge in [-0.05, 0) is 17.8 Å². The van der Waals surface area contributed by atoms with Gasteiger partial charge in [0.25, 0.3) is 0 Å². The van der Waals surface area contributed by atoms with Gasteiger partial charge in [-0.25, -0.2) is 0 Å². The maximum Gasteiger partial charge on any atom is -0.0247 e. The molecule has 0 heterocycles. The zero-order valence-corrected chi connectivity index (χ0v) is 12.1. The Kier molecular flexibility index (Phi) is 9.07. The molecule has 0 aromatic carbocycles. The van der Waals surface area contributed by atoms with Crippen molar-refractivity contribution in [3.63, 3.8) is 0 Å². The van der Waals surface area contributed by atoms with Crippen molar-refractivity contribution in [1.82, 2.24) is 0 Å². The molecule has 0 aliphatic rings. The van der Waals surface area contributed by atoms with Crippen molar-refractivity contribution < 1.29 is 0 Å². The van der Waals surface area contributed by atoms with Gasteiger partial charge in [-0.15, -0.1) is 0 Å². The van der Waals surface area contributed by atoms with E-state index in [4.69, 9.17) is 0 Å². The molecule has 0 bridgehead atoms. The van der Waals surface area contributed by atoms with E-state index in [1.165, 1.54) is 51.4 Å². The summed E-state index contributed by atoms with van der Waals surface area (Å²) in [5.74, 6) is 1.57. The van der Waals surface area contributed by atoms with Crippen molar-refractivity contribution in [3.05, 3.63) is 12.8 Å². The normalized spacial score (nSPS) is 12.4. The van der Waals surface area contributed by atoms with Crippen LogP contribution in [0.4, 0.5) is 0 Å². The highest BCUT2D eigenvalue weighted by atomic mass is 14.3. The maximum atomic E-state index is 3.87. The second kappa shape index (κ2) is 9.07. The quantitative estimate of drug-likeness (QED) is 0.401. The molecule has 0 atom stereocenters. The average molecular weight is 224 g/mol. The molecule has 0 N–H and O–H groups in total. The van der Waals surface area contributed by atoms with Crippen LogP contribution in [-0.4, -0.2) is 0 Å². The largest absolute Gasteiger partial charge is 0.0594 e. The zero-order valence-electron chi connectivity index (χ0n) is 12.1. The van der Waals surface area contributed by atoms with Gasteiger partial charge in [0.1, 0.15) is 0 Å². The molecule has 0 aliphatic carbocycles. The Morgan fingerprint density at radius 3 is 1.69 bits per heavy atom. The lowest BCUT2D eigenvalue weighted by atomic mass is 9.77.